The Hall–Kier alpha value is -1.58. The number of fused-ring (bicyclic) bond motifs is 2. The molecule has 0 amide bonds. The van der Waals surface area contributed by atoms with Crippen LogP contribution in [0.15, 0.2) is 54.7 Å². The summed E-state index contributed by atoms with van der Waals surface area (Å²) in [5.74, 6) is 0.606. The van der Waals surface area contributed by atoms with E-state index in [0.29, 0.717) is 5.92 Å². The molecule has 2 aromatic carbocycles. The average molecular weight is 721 g/mol. The number of aromatic nitrogens is 1. The second kappa shape index (κ2) is 14.5. The molecule has 1 aromatic heterocycles. The summed E-state index contributed by atoms with van der Waals surface area (Å²) in [5.41, 5.74) is 3.32. The van der Waals surface area contributed by atoms with Gasteiger partial charge in [-0.1, -0.05) is 64.3 Å². The van der Waals surface area contributed by atoms with E-state index in [4.69, 9.17) is 0 Å². The molecule has 5 rings (SSSR count). The van der Waals surface area contributed by atoms with Crippen LogP contribution in [-0.4, -0.2) is 27.4 Å². The predicted octanol–water partition coefficient (Wildman–Crippen LogP) is 8.93. The van der Waals surface area contributed by atoms with Crippen molar-refractivity contribution in [3.8, 4) is 11.3 Å². The molecule has 4 heteroatoms. The summed E-state index contributed by atoms with van der Waals surface area (Å²) in [6.07, 6.45) is 12.5. The molecule has 3 nitrogen and oxygen atoms in total. The summed E-state index contributed by atoms with van der Waals surface area (Å²) in [7, 11) is 0. The molecular formula is C36H50IrNO2-. The van der Waals surface area contributed by atoms with Crippen molar-refractivity contribution in [3.05, 3.63) is 66.4 Å². The summed E-state index contributed by atoms with van der Waals surface area (Å²) in [6, 6.07) is 19.6. The van der Waals surface area contributed by atoms with Crippen LogP contribution in [0.3, 0.4) is 0 Å². The van der Waals surface area contributed by atoms with Gasteiger partial charge in [-0.3, -0.25) is 0 Å². The maximum atomic E-state index is 11.4. The third-order valence-corrected chi connectivity index (χ3v) is 10.7. The van der Waals surface area contributed by atoms with Gasteiger partial charge in [0.15, 0.2) is 0 Å². The van der Waals surface area contributed by atoms with E-state index in [9.17, 15) is 10.2 Å². The molecule has 2 atom stereocenters. The monoisotopic (exact) mass is 721 g/mol. The molecule has 2 N–H and O–H groups in total. The Morgan fingerprint density at radius 3 is 1.95 bits per heavy atom. The van der Waals surface area contributed by atoms with Crippen LogP contribution in [0.2, 0.25) is 0 Å². The topological polar surface area (TPSA) is 53.4 Å². The fourth-order valence-electron chi connectivity index (χ4n) is 7.77. The second-order valence-corrected chi connectivity index (χ2v) is 12.3. The zero-order chi connectivity index (χ0) is 28.0. The summed E-state index contributed by atoms with van der Waals surface area (Å²) < 4.78 is 0. The first-order valence-electron chi connectivity index (χ1n) is 15.5. The molecule has 2 aliphatic rings. The summed E-state index contributed by atoms with van der Waals surface area (Å²) in [4.78, 5) is 4.49. The van der Waals surface area contributed by atoms with Gasteiger partial charge in [0.25, 0.3) is 0 Å². The van der Waals surface area contributed by atoms with Crippen LogP contribution in [0.25, 0.3) is 22.0 Å². The number of aliphatic hydroxyl groups excluding tert-OH is 2. The zero-order valence-electron chi connectivity index (χ0n) is 25.3. The number of rotatable bonds is 5. The molecule has 221 valence electrons. The third kappa shape index (κ3) is 6.73. The Labute approximate surface area is 256 Å². The van der Waals surface area contributed by atoms with Crippen LogP contribution in [0.5, 0.6) is 0 Å². The van der Waals surface area contributed by atoms with Crippen LogP contribution in [-0.2, 0) is 20.1 Å². The molecule has 3 aromatic rings. The smallest absolute Gasteiger partial charge is 0.0651 e. The van der Waals surface area contributed by atoms with E-state index in [0.717, 1.165) is 49.8 Å². The quantitative estimate of drug-likeness (QED) is 0.259. The molecule has 1 heterocycles. The van der Waals surface area contributed by atoms with Gasteiger partial charge in [-0.2, -0.15) is 0 Å². The van der Waals surface area contributed by atoms with Crippen LogP contribution < -0.4 is 0 Å². The van der Waals surface area contributed by atoms with Gasteiger partial charge in [-0.25, -0.2) is 0 Å². The molecule has 0 aliphatic heterocycles. The number of hydrogen-bond acceptors (Lipinski definition) is 3. The first-order valence-corrected chi connectivity index (χ1v) is 15.5. The maximum absolute atomic E-state index is 11.4. The van der Waals surface area contributed by atoms with E-state index in [1.54, 1.807) is 0 Å². The van der Waals surface area contributed by atoms with Gasteiger partial charge in [-0.05, 0) is 97.6 Å². The molecule has 40 heavy (non-hydrogen) atoms. The molecule has 2 saturated carbocycles. The number of hydrogen-bond donors (Lipinski definition) is 2. The normalized spacial score (nSPS) is 25.4. The Morgan fingerprint density at radius 1 is 0.825 bits per heavy atom. The average Bonchev–Trinajstić information content (AvgIpc) is 3.20. The number of pyridine rings is 1. The molecule has 0 saturated heterocycles. The second-order valence-electron chi connectivity index (χ2n) is 12.3. The van der Waals surface area contributed by atoms with E-state index in [1.165, 1.54) is 42.0 Å². The van der Waals surface area contributed by atoms with Crippen molar-refractivity contribution < 1.29 is 30.3 Å². The minimum atomic E-state index is -0.333. The molecule has 1 radical (unpaired) electrons. The Balaban J connectivity index is 0.000000221. The standard InChI is InChI=1S/C20H38O2.C16H12N.Ir/c1-5-19(6-2)13-9-11-15-12-10-14-20(7-3,8-4)18(22)16(15)17(19)21;1-12-7-8-14-10-16(17-11-15(14)9-12)13-5-3-2-4-6-13;/h15-18,21-22H,5-14H2,1-4H3;2-5,7-11H,1H3;/q;-1;. The number of benzene rings is 2. The summed E-state index contributed by atoms with van der Waals surface area (Å²) in [6.45, 7) is 11.0. The van der Waals surface area contributed by atoms with Gasteiger partial charge in [0, 0.05) is 32.2 Å². The van der Waals surface area contributed by atoms with Gasteiger partial charge >= 0.3 is 0 Å². The number of aliphatic hydroxyl groups is 2. The molecule has 2 aliphatic carbocycles. The Bertz CT molecular complexity index is 1160. The molecule has 2 fully saturated rings. The summed E-state index contributed by atoms with van der Waals surface area (Å²) in [5, 5.41) is 25.1. The zero-order valence-corrected chi connectivity index (χ0v) is 27.6. The van der Waals surface area contributed by atoms with Crippen LogP contribution in [0.1, 0.15) is 97.5 Å². The SMILES string of the molecule is CCC1(CC)CCCC2CCCC(CC)(CC)C(O)C2C1O.Cc1ccc2cc(-c3[c-]cccc3)ncc2c1.[Ir]. The fraction of sp³-hybridized carbons (Fsp3) is 0.583. The van der Waals surface area contributed by atoms with Crippen molar-refractivity contribution in [1.29, 1.82) is 0 Å². The van der Waals surface area contributed by atoms with Crippen LogP contribution in [0.4, 0.5) is 0 Å². The van der Waals surface area contributed by atoms with Crippen molar-refractivity contribution in [1.82, 2.24) is 4.98 Å². The van der Waals surface area contributed by atoms with Crippen molar-refractivity contribution in [2.24, 2.45) is 22.7 Å². The van der Waals surface area contributed by atoms with Crippen molar-refractivity contribution in [2.75, 3.05) is 0 Å². The molecule has 0 spiro atoms. The van der Waals surface area contributed by atoms with Crippen molar-refractivity contribution >= 4 is 10.8 Å². The first-order chi connectivity index (χ1) is 18.8. The summed E-state index contributed by atoms with van der Waals surface area (Å²) >= 11 is 0. The van der Waals surface area contributed by atoms with Crippen molar-refractivity contribution in [2.45, 2.75) is 111 Å². The largest absolute Gasteiger partial charge is 0.392 e. The van der Waals surface area contributed by atoms with Gasteiger partial charge < -0.3 is 15.2 Å². The minimum absolute atomic E-state index is 0. The first kappa shape index (κ1) is 32.9. The Kier molecular flexibility index (Phi) is 12.0. The number of aryl methyl sites for hydroxylation is 1. The van der Waals surface area contributed by atoms with E-state index in [-0.39, 0.29) is 49.1 Å². The third-order valence-electron chi connectivity index (χ3n) is 10.7. The Morgan fingerprint density at radius 2 is 1.43 bits per heavy atom. The maximum Gasteiger partial charge on any atom is 0.0651 e. The number of nitrogens with zero attached hydrogens (tertiary/aromatic N) is 1. The van der Waals surface area contributed by atoms with Crippen LogP contribution >= 0.6 is 0 Å². The fourth-order valence-corrected chi connectivity index (χ4v) is 7.77. The predicted molar refractivity (Wildman–Crippen MR) is 163 cm³/mol. The van der Waals surface area contributed by atoms with Gasteiger partial charge in [0.05, 0.1) is 12.2 Å². The minimum Gasteiger partial charge on any atom is -0.392 e. The van der Waals surface area contributed by atoms with Crippen molar-refractivity contribution in [3.63, 3.8) is 0 Å². The van der Waals surface area contributed by atoms with E-state index >= 15 is 0 Å². The molecule has 0 bridgehead atoms. The van der Waals surface area contributed by atoms with E-state index in [2.05, 4.69) is 69.9 Å². The van der Waals surface area contributed by atoms with E-state index < -0.39 is 0 Å². The van der Waals surface area contributed by atoms with Gasteiger partial charge in [0.1, 0.15) is 0 Å². The van der Waals surface area contributed by atoms with E-state index in [1.807, 2.05) is 30.5 Å². The molecular weight excluding hydrogens is 671 g/mol. The van der Waals surface area contributed by atoms with Crippen LogP contribution in [0, 0.1) is 35.7 Å². The van der Waals surface area contributed by atoms with Gasteiger partial charge in [-0.15, -0.1) is 35.9 Å². The van der Waals surface area contributed by atoms with Gasteiger partial charge in [0.2, 0.25) is 0 Å². The molecule has 2 unspecified atom stereocenters.